The fourth-order valence-electron chi connectivity index (χ4n) is 3.57. The minimum Gasteiger partial charge on any atom is -0.353 e. The van der Waals surface area contributed by atoms with Gasteiger partial charge in [-0.2, -0.15) is 0 Å². The highest BCUT2D eigenvalue weighted by molar-refractivity contribution is 7.99. The van der Waals surface area contributed by atoms with Gasteiger partial charge in [0.2, 0.25) is 11.1 Å². The highest BCUT2D eigenvalue weighted by Gasteiger charge is 2.15. The molecule has 1 fully saturated rings. The first-order valence-electron chi connectivity index (χ1n) is 9.33. The van der Waals surface area contributed by atoms with Gasteiger partial charge < -0.3 is 10.3 Å². The van der Waals surface area contributed by atoms with E-state index in [2.05, 4.69) is 25.5 Å². The molecule has 3 aromatic rings. The van der Waals surface area contributed by atoms with Crippen molar-refractivity contribution in [1.82, 2.24) is 25.5 Å². The summed E-state index contributed by atoms with van der Waals surface area (Å²) in [5.74, 6) is 0.380. The first-order chi connectivity index (χ1) is 12.8. The Morgan fingerprint density at radius 2 is 1.88 bits per heavy atom. The minimum absolute atomic E-state index is 0.0564. The molecule has 2 heterocycles. The van der Waals surface area contributed by atoms with E-state index in [1.54, 1.807) is 0 Å². The number of amides is 1. The summed E-state index contributed by atoms with van der Waals surface area (Å²) in [7, 11) is 0. The zero-order chi connectivity index (χ0) is 17.8. The molecule has 26 heavy (non-hydrogen) atoms. The van der Waals surface area contributed by atoms with Gasteiger partial charge in [-0.1, -0.05) is 62.1 Å². The van der Waals surface area contributed by atoms with Crippen molar-refractivity contribution in [2.24, 2.45) is 0 Å². The van der Waals surface area contributed by atoms with Gasteiger partial charge in [0, 0.05) is 16.9 Å². The van der Waals surface area contributed by atoms with Crippen LogP contribution in [-0.4, -0.2) is 37.9 Å². The smallest absolute Gasteiger partial charge is 0.230 e. The fourth-order valence-corrected chi connectivity index (χ4v) is 4.16. The molecule has 2 aromatic heterocycles. The van der Waals surface area contributed by atoms with E-state index in [4.69, 9.17) is 0 Å². The summed E-state index contributed by atoms with van der Waals surface area (Å²) >= 11 is 1.33. The standard InChI is InChI=1S/C19H23N5OS/c25-16(20-13-8-4-2-1-3-5-9-13)12-26-19-22-18-17(23-24-19)14-10-6-7-11-15(14)21-18/h6-7,10-11,13H,1-5,8-9,12H2,(H,20,25)(H,21,22,24). The number of hydrogen-bond acceptors (Lipinski definition) is 5. The number of benzene rings is 1. The summed E-state index contributed by atoms with van der Waals surface area (Å²) in [5, 5.41) is 13.2. The first kappa shape index (κ1) is 17.3. The maximum Gasteiger partial charge on any atom is 0.230 e. The number of rotatable bonds is 4. The van der Waals surface area contributed by atoms with Gasteiger partial charge in [0.1, 0.15) is 5.52 Å². The van der Waals surface area contributed by atoms with Crippen molar-refractivity contribution in [1.29, 1.82) is 0 Å². The number of nitrogens with zero attached hydrogens (tertiary/aromatic N) is 3. The monoisotopic (exact) mass is 369 g/mol. The lowest BCUT2D eigenvalue weighted by atomic mass is 9.97. The molecule has 0 atom stereocenters. The molecular formula is C19H23N5OS. The molecule has 0 saturated heterocycles. The van der Waals surface area contributed by atoms with E-state index in [1.807, 2.05) is 24.3 Å². The Labute approximate surface area is 156 Å². The van der Waals surface area contributed by atoms with E-state index >= 15 is 0 Å². The van der Waals surface area contributed by atoms with Gasteiger partial charge in [0.25, 0.3) is 0 Å². The molecular weight excluding hydrogens is 346 g/mol. The summed E-state index contributed by atoms with van der Waals surface area (Å²) in [6.45, 7) is 0. The van der Waals surface area contributed by atoms with Gasteiger partial charge in [0.15, 0.2) is 5.65 Å². The number of fused-ring (bicyclic) bond motifs is 3. The lowest BCUT2D eigenvalue weighted by molar-refractivity contribution is -0.119. The van der Waals surface area contributed by atoms with Crippen molar-refractivity contribution in [3.8, 4) is 0 Å². The van der Waals surface area contributed by atoms with E-state index in [0.29, 0.717) is 22.6 Å². The Morgan fingerprint density at radius 3 is 2.73 bits per heavy atom. The number of hydrogen-bond donors (Lipinski definition) is 2. The van der Waals surface area contributed by atoms with Crippen LogP contribution in [0.4, 0.5) is 0 Å². The fraction of sp³-hybridized carbons (Fsp3) is 0.474. The zero-order valence-corrected chi connectivity index (χ0v) is 15.5. The summed E-state index contributed by atoms with van der Waals surface area (Å²) in [5.41, 5.74) is 2.47. The molecule has 1 saturated carbocycles. The molecule has 1 amide bonds. The SMILES string of the molecule is O=C(CSc1nnc2c(n1)[nH]c1ccccc12)NC1CCCCCCC1. The number of para-hydroxylation sites is 1. The Hall–Kier alpha value is -2.15. The molecule has 136 valence electrons. The van der Waals surface area contributed by atoms with Gasteiger partial charge in [-0.05, 0) is 18.9 Å². The molecule has 0 aliphatic heterocycles. The molecule has 4 rings (SSSR count). The van der Waals surface area contributed by atoms with Crippen molar-refractivity contribution in [3.63, 3.8) is 0 Å². The van der Waals surface area contributed by atoms with Crippen molar-refractivity contribution in [3.05, 3.63) is 24.3 Å². The Bertz CT molecular complexity index is 901. The van der Waals surface area contributed by atoms with E-state index in [9.17, 15) is 4.79 Å². The van der Waals surface area contributed by atoms with E-state index in [1.165, 1.54) is 43.9 Å². The molecule has 1 aliphatic rings. The molecule has 2 N–H and O–H groups in total. The van der Waals surface area contributed by atoms with Crippen molar-refractivity contribution >= 4 is 39.7 Å². The second-order valence-corrected chi connectivity index (χ2v) is 7.80. The number of aromatic amines is 1. The predicted molar refractivity (Wildman–Crippen MR) is 104 cm³/mol. The van der Waals surface area contributed by atoms with Gasteiger partial charge in [-0.3, -0.25) is 4.79 Å². The largest absolute Gasteiger partial charge is 0.353 e. The Kier molecular flexibility index (Phi) is 5.34. The molecule has 0 unspecified atom stereocenters. The van der Waals surface area contributed by atoms with Crippen molar-refractivity contribution in [2.45, 2.75) is 56.1 Å². The summed E-state index contributed by atoms with van der Waals surface area (Å²) in [4.78, 5) is 20.0. The first-order valence-corrected chi connectivity index (χ1v) is 10.3. The summed E-state index contributed by atoms with van der Waals surface area (Å²) in [6, 6.07) is 8.26. The van der Waals surface area contributed by atoms with Crippen LogP contribution in [0.25, 0.3) is 22.1 Å². The van der Waals surface area contributed by atoms with Crippen LogP contribution in [0.5, 0.6) is 0 Å². The topological polar surface area (TPSA) is 83.6 Å². The van der Waals surface area contributed by atoms with Crippen LogP contribution >= 0.6 is 11.8 Å². The molecule has 0 bridgehead atoms. The molecule has 7 heteroatoms. The Balaban J connectivity index is 1.37. The highest BCUT2D eigenvalue weighted by Crippen LogP contribution is 2.23. The maximum atomic E-state index is 12.3. The number of thioether (sulfide) groups is 1. The lowest BCUT2D eigenvalue weighted by Gasteiger charge is -2.20. The van der Waals surface area contributed by atoms with Crippen LogP contribution in [-0.2, 0) is 4.79 Å². The van der Waals surface area contributed by atoms with Gasteiger partial charge in [-0.15, -0.1) is 10.2 Å². The molecule has 6 nitrogen and oxygen atoms in total. The van der Waals surface area contributed by atoms with Crippen LogP contribution in [0.2, 0.25) is 0 Å². The average Bonchev–Trinajstić information content (AvgIpc) is 3.00. The van der Waals surface area contributed by atoms with Crippen LogP contribution in [0, 0.1) is 0 Å². The second kappa shape index (κ2) is 8.03. The third-order valence-electron chi connectivity index (χ3n) is 4.91. The summed E-state index contributed by atoms with van der Waals surface area (Å²) < 4.78 is 0. The quantitative estimate of drug-likeness (QED) is 0.683. The van der Waals surface area contributed by atoms with Gasteiger partial charge >= 0.3 is 0 Å². The van der Waals surface area contributed by atoms with E-state index in [-0.39, 0.29) is 5.91 Å². The van der Waals surface area contributed by atoms with Crippen LogP contribution in [0.3, 0.4) is 0 Å². The summed E-state index contributed by atoms with van der Waals surface area (Å²) in [6.07, 6.45) is 8.50. The van der Waals surface area contributed by atoms with Gasteiger partial charge in [-0.25, -0.2) is 4.98 Å². The highest BCUT2D eigenvalue weighted by atomic mass is 32.2. The number of aromatic nitrogens is 4. The van der Waals surface area contributed by atoms with Crippen LogP contribution in [0.15, 0.2) is 29.4 Å². The minimum atomic E-state index is 0.0564. The number of carbonyl (C=O) groups is 1. The van der Waals surface area contributed by atoms with Gasteiger partial charge in [0.05, 0.1) is 5.75 Å². The maximum absolute atomic E-state index is 12.3. The zero-order valence-electron chi connectivity index (χ0n) is 14.7. The van der Waals surface area contributed by atoms with Crippen molar-refractivity contribution in [2.75, 3.05) is 5.75 Å². The molecule has 0 radical (unpaired) electrons. The molecule has 1 aliphatic carbocycles. The number of nitrogens with one attached hydrogen (secondary N) is 2. The molecule has 1 aromatic carbocycles. The third kappa shape index (κ3) is 3.98. The van der Waals surface area contributed by atoms with Crippen molar-refractivity contribution < 1.29 is 4.79 Å². The third-order valence-corrected chi connectivity index (χ3v) is 5.74. The predicted octanol–water partition coefficient (Wildman–Crippen LogP) is 3.83. The molecule has 0 spiro atoms. The normalized spacial score (nSPS) is 16.5. The van der Waals surface area contributed by atoms with E-state index < -0.39 is 0 Å². The lowest BCUT2D eigenvalue weighted by Crippen LogP contribution is -2.36. The number of carbonyl (C=O) groups excluding carboxylic acids is 1. The van der Waals surface area contributed by atoms with Crippen LogP contribution < -0.4 is 5.32 Å². The Morgan fingerprint density at radius 1 is 1.12 bits per heavy atom. The average molecular weight is 369 g/mol. The second-order valence-electron chi connectivity index (χ2n) is 6.86. The van der Waals surface area contributed by atoms with Crippen LogP contribution in [0.1, 0.15) is 44.9 Å². The van der Waals surface area contributed by atoms with E-state index in [0.717, 1.165) is 29.3 Å². The number of H-pyrrole nitrogens is 1.